The Morgan fingerprint density at radius 3 is 2.74 bits per heavy atom. The third kappa shape index (κ3) is 6.44. The summed E-state index contributed by atoms with van der Waals surface area (Å²) in [4.78, 5) is 0. The minimum absolute atomic E-state index is 0.664. The average Bonchev–Trinajstić information content (AvgIpc) is 2.31. The van der Waals surface area contributed by atoms with Crippen LogP contribution in [0.25, 0.3) is 0 Å². The maximum Gasteiger partial charge on any atom is 0.123 e. The molecule has 0 amide bonds. The number of nitrogens with one attached hydrogen (secondary N) is 1. The second-order valence-electron chi connectivity index (χ2n) is 5.69. The highest BCUT2D eigenvalue weighted by atomic mass is 16.5. The number of rotatable bonds is 8. The van der Waals surface area contributed by atoms with Gasteiger partial charge in [0.2, 0.25) is 0 Å². The lowest BCUT2D eigenvalue weighted by Crippen LogP contribution is -2.19. The molecule has 1 aromatic carbocycles. The summed E-state index contributed by atoms with van der Waals surface area (Å²) in [6, 6.07) is 6.37. The molecule has 0 aliphatic carbocycles. The maximum absolute atomic E-state index is 5.86. The van der Waals surface area contributed by atoms with Crippen LogP contribution in [0.15, 0.2) is 30.4 Å². The lowest BCUT2D eigenvalue weighted by atomic mass is 10.1. The molecule has 0 atom stereocenters. The largest absolute Gasteiger partial charge is 0.493 e. The van der Waals surface area contributed by atoms with Gasteiger partial charge in [-0.2, -0.15) is 0 Å². The van der Waals surface area contributed by atoms with Crippen molar-refractivity contribution >= 4 is 0 Å². The summed E-state index contributed by atoms with van der Waals surface area (Å²) < 4.78 is 5.86. The monoisotopic (exact) mass is 261 g/mol. The molecule has 1 N–H and O–H groups in total. The summed E-state index contributed by atoms with van der Waals surface area (Å²) >= 11 is 0. The highest BCUT2D eigenvalue weighted by Gasteiger charge is 2.04. The second kappa shape index (κ2) is 8.00. The third-order valence-corrected chi connectivity index (χ3v) is 2.87. The van der Waals surface area contributed by atoms with E-state index < -0.39 is 0 Å². The van der Waals surface area contributed by atoms with Crippen LogP contribution in [-0.4, -0.2) is 13.2 Å². The normalized spacial score (nSPS) is 10.8. The van der Waals surface area contributed by atoms with Gasteiger partial charge >= 0.3 is 0 Å². The van der Waals surface area contributed by atoms with Crippen LogP contribution >= 0.6 is 0 Å². The topological polar surface area (TPSA) is 21.3 Å². The number of benzene rings is 1. The molecule has 0 heterocycles. The van der Waals surface area contributed by atoms with Gasteiger partial charge in [0.1, 0.15) is 5.75 Å². The standard InChI is InChI=1S/C17H27NO/c1-13(2)8-9-19-17-7-6-15(5)10-16(17)12-18-11-14(3)4/h6-7,10,14,18H,1,8-9,11-12H2,2-5H3. The fourth-order valence-corrected chi connectivity index (χ4v) is 1.82. The molecule has 1 rings (SSSR count). The first-order chi connectivity index (χ1) is 8.99. The van der Waals surface area contributed by atoms with Crippen LogP contribution in [0, 0.1) is 12.8 Å². The smallest absolute Gasteiger partial charge is 0.123 e. The van der Waals surface area contributed by atoms with Gasteiger partial charge in [-0.05, 0) is 32.4 Å². The number of hydrogen-bond acceptors (Lipinski definition) is 2. The van der Waals surface area contributed by atoms with E-state index in [1.807, 2.05) is 6.92 Å². The molecule has 0 aliphatic heterocycles. The van der Waals surface area contributed by atoms with Crippen LogP contribution in [0.1, 0.15) is 38.3 Å². The molecule has 0 fully saturated rings. The minimum Gasteiger partial charge on any atom is -0.493 e. The van der Waals surface area contributed by atoms with E-state index in [1.165, 1.54) is 11.1 Å². The van der Waals surface area contributed by atoms with Gasteiger partial charge in [-0.15, -0.1) is 6.58 Å². The van der Waals surface area contributed by atoms with Crippen molar-refractivity contribution in [3.8, 4) is 5.75 Å². The molecule has 19 heavy (non-hydrogen) atoms. The molecular formula is C17H27NO. The van der Waals surface area contributed by atoms with Crippen molar-refractivity contribution in [1.82, 2.24) is 5.32 Å². The first kappa shape index (κ1) is 15.8. The van der Waals surface area contributed by atoms with E-state index >= 15 is 0 Å². The Bertz CT molecular complexity index is 410. The van der Waals surface area contributed by atoms with Gasteiger partial charge in [0.05, 0.1) is 6.61 Å². The summed E-state index contributed by atoms with van der Waals surface area (Å²) in [6.07, 6.45) is 0.909. The predicted molar refractivity (Wildman–Crippen MR) is 82.6 cm³/mol. The Kier molecular flexibility index (Phi) is 6.65. The van der Waals surface area contributed by atoms with Crippen LogP contribution < -0.4 is 10.1 Å². The molecule has 2 heteroatoms. The van der Waals surface area contributed by atoms with E-state index in [4.69, 9.17) is 4.74 Å². The molecule has 1 aromatic rings. The van der Waals surface area contributed by atoms with Gasteiger partial charge in [0, 0.05) is 18.5 Å². The molecule has 0 aliphatic rings. The summed E-state index contributed by atoms with van der Waals surface area (Å²) in [5.74, 6) is 1.65. The molecule has 0 radical (unpaired) electrons. The molecule has 2 nitrogen and oxygen atoms in total. The highest BCUT2D eigenvalue weighted by molar-refractivity contribution is 5.36. The van der Waals surface area contributed by atoms with E-state index in [9.17, 15) is 0 Å². The summed E-state index contributed by atoms with van der Waals surface area (Å²) in [6.45, 7) is 15.1. The minimum atomic E-state index is 0.664. The van der Waals surface area contributed by atoms with Crippen molar-refractivity contribution in [3.63, 3.8) is 0 Å². The molecular weight excluding hydrogens is 234 g/mol. The van der Waals surface area contributed by atoms with Crippen LogP contribution in [0.4, 0.5) is 0 Å². The average molecular weight is 261 g/mol. The summed E-state index contributed by atoms with van der Waals surface area (Å²) in [5, 5.41) is 3.47. The Balaban J connectivity index is 2.60. The molecule has 0 aromatic heterocycles. The third-order valence-electron chi connectivity index (χ3n) is 2.87. The van der Waals surface area contributed by atoms with Crippen molar-refractivity contribution < 1.29 is 4.74 Å². The lowest BCUT2D eigenvalue weighted by Gasteiger charge is -2.14. The molecule has 0 saturated heterocycles. The lowest BCUT2D eigenvalue weighted by molar-refractivity contribution is 0.317. The van der Waals surface area contributed by atoms with Crippen molar-refractivity contribution in [2.24, 2.45) is 5.92 Å². The van der Waals surface area contributed by atoms with Crippen LogP contribution in [-0.2, 0) is 6.54 Å². The zero-order chi connectivity index (χ0) is 14.3. The molecule has 0 bridgehead atoms. The van der Waals surface area contributed by atoms with Gasteiger partial charge in [0.25, 0.3) is 0 Å². The molecule has 106 valence electrons. The molecule has 0 spiro atoms. The Morgan fingerprint density at radius 2 is 2.11 bits per heavy atom. The van der Waals surface area contributed by atoms with Crippen molar-refractivity contribution in [2.45, 2.75) is 40.7 Å². The SMILES string of the molecule is C=C(C)CCOc1ccc(C)cc1CNCC(C)C. The van der Waals surface area contributed by atoms with E-state index in [0.717, 1.165) is 30.8 Å². The van der Waals surface area contributed by atoms with Crippen LogP contribution in [0.5, 0.6) is 5.75 Å². The molecule has 0 unspecified atom stereocenters. The molecule has 0 saturated carbocycles. The Hall–Kier alpha value is -1.28. The van der Waals surface area contributed by atoms with Gasteiger partial charge < -0.3 is 10.1 Å². The first-order valence-electron chi connectivity index (χ1n) is 7.06. The van der Waals surface area contributed by atoms with E-state index in [-0.39, 0.29) is 0 Å². The van der Waals surface area contributed by atoms with Crippen LogP contribution in [0.2, 0.25) is 0 Å². The predicted octanol–water partition coefficient (Wildman–Crippen LogP) is 4.09. The van der Waals surface area contributed by atoms with Crippen molar-refractivity contribution in [2.75, 3.05) is 13.2 Å². The van der Waals surface area contributed by atoms with Crippen molar-refractivity contribution in [3.05, 3.63) is 41.5 Å². The first-order valence-corrected chi connectivity index (χ1v) is 7.06. The summed E-state index contributed by atoms with van der Waals surface area (Å²) in [5.41, 5.74) is 3.67. The van der Waals surface area contributed by atoms with E-state index in [0.29, 0.717) is 12.5 Å². The van der Waals surface area contributed by atoms with Gasteiger partial charge in [-0.25, -0.2) is 0 Å². The zero-order valence-corrected chi connectivity index (χ0v) is 12.8. The maximum atomic E-state index is 5.86. The zero-order valence-electron chi connectivity index (χ0n) is 12.8. The highest BCUT2D eigenvalue weighted by Crippen LogP contribution is 2.20. The summed E-state index contributed by atoms with van der Waals surface area (Å²) in [7, 11) is 0. The second-order valence-corrected chi connectivity index (χ2v) is 5.69. The number of aryl methyl sites for hydroxylation is 1. The van der Waals surface area contributed by atoms with Gasteiger partial charge in [0.15, 0.2) is 0 Å². The Morgan fingerprint density at radius 1 is 1.37 bits per heavy atom. The number of hydrogen-bond donors (Lipinski definition) is 1. The van der Waals surface area contributed by atoms with Gasteiger partial charge in [-0.3, -0.25) is 0 Å². The number of ether oxygens (including phenoxy) is 1. The fraction of sp³-hybridized carbons (Fsp3) is 0.529. The fourth-order valence-electron chi connectivity index (χ4n) is 1.82. The van der Waals surface area contributed by atoms with E-state index in [2.05, 4.69) is 50.9 Å². The van der Waals surface area contributed by atoms with E-state index in [1.54, 1.807) is 0 Å². The van der Waals surface area contributed by atoms with Crippen molar-refractivity contribution in [1.29, 1.82) is 0 Å². The van der Waals surface area contributed by atoms with Crippen LogP contribution in [0.3, 0.4) is 0 Å². The Labute approximate surface area is 117 Å². The van der Waals surface area contributed by atoms with Gasteiger partial charge in [-0.1, -0.05) is 37.1 Å². The quantitative estimate of drug-likeness (QED) is 0.712.